The fourth-order valence-corrected chi connectivity index (χ4v) is 1.88. The van der Waals surface area contributed by atoms with Crippen molar-refractivity contribution in [3.8, 4) is 0 Å². The van der Waals surface area contributed by atoms with Gasteiger partial charge < -0.3 is 4.42 Å². The predicted molar refractivity (Wildman–Crippen MR) is 69.1 cm³/mol. The van der Waals surface area contributed by atoms with Crippen molar-refractivity contribution in [3.05, 3.63) is 35.6 Å². The molecule has 0 N–H and O–H groups in total. The van der Waals surface area contributed by atoms with Crippen molar-refractivity contribution in [2.45, 2.75) is 33.6 Å². The minimum absolute atomic E-state index is 0.113. The molecule has 2 rings (SSSR count). The summed E-state index contributed by atoms with van der Waals surface area (Å²) in [5.74, 6) is 1.31. The molecule has 2 nitrogen and oxygen atoms in total. The number of furan rings is 1. The Labute approximate surface area is 102 Å². The summed E-state index contributed by atoms with van der Waals surface area (Å²) in [5.41, 5.74) is 2.13. The van der Waals surface area contributed by atoms with Gasteiger partial charge >= 0.3 is 0 Å². The van der Waals surface area contributed by atoms with E-state index in [1.807, 2.05) is 32.0 Å². The van der Waals surface area contributed by atoms with E-state index in [-0.39, 0.29) is 5.92 Å². The van der Waals surface area contributed by atoms with E-state index in [0.717, 1.165) is 16.7 Å². The van der Waals surface area contributed by atoms with E-state index in [4.69, 9.17) is 4.42 Å². The van der Waals surface area contributed by atoms with Gasteiger partial charge in [0.2, 0.25) is 0 Å². The molecule has 0 amide bonds. The SMILES string of the molecule is Cc1ccc2oc(CCC(=O)C(C)C)cc2c1. The Kier molecular flexibility index (Phi) is 3.32. The maximum atomic E-state index is 11.5. The van der Waals surface area contributed by atoms with Gasteiger partial charge in [0.15, 0.2) is 0 Å². The van der Waals surface area contributed by atoms with Crippen LogP contribution >= 0.6 is 0 Å². The Hall–Kier alpha value is -1.57. The first-order chi connectivity index (χ1) is 8.06. The lowest BCUT2D eigenvalue weighted by molar-refractivity contribution is -0.121. The highest BCUT2D eigenvalue weighted by molar-refractivity contribution is 5.81. The zero-order chi connectivity index (χ0) is 12.4. The summed E-state index contributed by atoms with van der Waals surface area (Å²) in [7, 11) is 0. The molecule has 0 aliphatic carbocycles. The molecule has 0 spiro atoms. The molecule has 1 aromatic carbocycles. The van der Waals surface area contributed by atoms with Crippen LogP contribution in [-0.2, 0) is 11.2 Å². The average molecular weight is 230 g/mol. The number of fused-ring (bicyclic) bond motifs is 1. The number of carbonyl (C=O) groups excluding carboxylic acids is 1. The first-order valence-electron chi connectivity index (χ1n) is 6.08. The van der Waals surface area contributed by atoms with Gasteiger partial charge in [0.1, 0.15) is 17.1 Å². The molecule has 0 saturated heterocycles. The highest BCUT2D eigenvalue weighted by Gasteiger charge is 2.09. The molecule has 17 heavy (non-hydrogen) atoms. The quantitative estimate of drug-likeness (QED) is 0.797. The van der Waals surface area contributed by atoms with Crippen molar-refractivity contribution in [2.24, 2.45) is 5.92 Å². The van der Waals surface area contributed by atoms with Crippen LogP contribution in [0.1, 0.15) is 31.6 Å². The van der Waals surface area contributed by atoms with Crippen molar-refractivity contribution in [1.82, 2.24) is 0 Å². The molecule has 0 aliphatic rings. The van der Waals surface area contributed by atoms with E-state index in [9.17, 15) is 4.79 Å². The molecular formula is C15H18O2. The van der Waals surface area contributed by atoms with Gasteiger partial charge in [-0.05, 0) is 25.1 Å². The molecule has 1 heterocycles. The van der Waals surface area contributed by atoms with Gasteiger partial charge in [0.05, 0.1) is 0 Å². The van der Waals surface area contributed by atoms with Crippen molar-refractivity contribution in [2.75, 3.05) is 0 Å². The maximum absolute atomic E-state index is 11.5. The topological polar surface area (TPSA) is 30.2 Å². The summed E-state index contributed by atoms with van der Waals surface area (Å²) in [4.78, 5) is 11.5. The lowest BCUT2D eigenvalue weighted by Crippen LogP contribution is -2.07. The van der Waals surface area contributed by atoms with Crippen molar-refractivity contribution in [3.63, 3.8) is 0 Å². The summed E-state index contributed by atoms with van der Waals surface area (Å²) < 4.78 is 5.70. The standard InChI is InChI=1S/C15H18O2/c1-10(2)14(16)6-5-13-9-12-8-11(3)4-7-15(12)17-13/h4,7-10H,5-6H2,1-3H3. The number of aryl methyl sites for hydroxylation is 2. The smallest absolute Gasteiger partial charge is 0.135 e. The molecular weight excluding hydrogens is 212 g/mol. The molecule has 0 unspecified atom stereocenters. The van der Waals surface area contributed by atoms with Gasteiger partial charge in [-0.25, -0.2) is 0 Å². The molecule has 0 atom stereocenters. The van der Waals surface area contributed by atoms with Crippen LogP contribution in [-0.4, -0.2) is 5.78 Å². The highest BCUT2D eigenvalue weighted by atomic mass is 16.3. The van der Waals surface area contributed by atoms with Crippen LogP contribution in [0.4, 0.5) is 0 Å². The fourth-order valence-electron chi connectivity index (χ4n) is 1.88. The molecule has 0 fully saturated rings. The third-order valence-corrected chi connectivity index (χ3v) is 2.98. The first kappa shape index (κ1) is 11.9. The molecule has 0 aliphatic heterocycles. The summed E-state index contributed by atoms with van der Waals surface area (Å²) in [5, 5.41) is 1.12. The normalized spacial score (nSPS) is 11.3. The molecule has 0 bridgehead atoms. The Bertz CT molecular complexity index is 535. The Morgan fingerprint density at radius 2 is 2.06 bits per heavy atom. The van der Waals surface area contributed by atoms with Gasteiger partial charge in [-0.2, -0.15) is 0 Å². The third-order valence-electron chi connectivity index (χ3n) is 2.98. The summed E-state index contributed by atoms with van der Waals surface area (Å²) in [6.07, 6.45) is 1.27. The van der Waals surface area contributed by atoms with E-state index in [1.54, 1.807) is 0 Å². The highest BCUT2D eigenvalue weighted by Crippen LogP contribution is 2.21. The second-order valence-electron chi connectivity index (χ2n) is 4.88. The summed E-state index contributed by atoms with van der Waals surface area (Å²) in [6.45, 7) is 5.93. The van der Waals surface area contributed by atoms with Crippen LogP contribution in [0.5, 0.6) is 0 Å². The van der Waals surface area contributed by atoms with Gasteiger partial charge in [0.25, 0.3) is 0 Å². The summed E-state index contributed by atoms with van der Waals surface area (Å²) >= 11 is 0. The molecule has 2 aromatic rings. The van der Waals surface area contributed by atoms with E-state index >= 15 is 0 Å². The van der Waals surface area contributed by atoms with E-state index < -0.39 is 0 Å². The monoisotopic (exact) mass is 230 g/mol. The van der Waals surface area contributed by atoms with Crippen LogP contribution in [0, 0.1) is 12.8 Å². The van der Waals surface area contributed by atoms with Gasteiger partial charge in [-0.3, -0.25) is 4.79 Å². The minimum Gasteiger partial charge on any atom is -0.461 e. The van der Waals surface area contributed by atoms with Crippen LogP contribution < -0.4 is 0 Å². The largest absolute Gasteiger partial charge is 0.461 e. The van der Waals surface area contributed by atoms with E-state index in [0.29, 0.717) is 18.6 Å². The molecule has 90 valence electrons. The maximum Gasteiger partial charge on any atom is 0.135 e. The van der Waals surface area contributed by atoms with E-state index in [2.05, 4.69) is 13.0 Å². The fraction of sp³-hybridized carbons (Fsp3) is 0.400. The predicted octanol–water partition coefficient (Wildman–Crippen LogP) is 3.90. The number of hydrogen-bond donors (Lipinski definition) is 0. The number of hydrogen-bond acceptors (Lipinski definition) is 2. The van der Waals surface area contributed by atoms with Crippen molar-refractivity contribution >= 4 is 16.8 Å². The van der Waals surface area contributed by atoms with Crippen LogP contribution in [0.2, 0.25) is 0 Å². The summed E-state index contributed by atoms with van der Waals surface area (Å²) in [6, 6.07) is 8.16. The molecule has 0 radical (unpaired) electrons. The number of Topliss-reactive ketones (excluding diaryl/α,β-unsaturated/α-hetero) is 1. The number of carbonyl (C=O) groups is 1. The zero-order valence-corrected chi connectivity index (χ0v) is 10.6. The van der Waals surface area contributed by atoms with E-state index in [1.165, 1.54) is 5.56 Å². The van der Waals surface area contributed by atoms with Crippen LogP contribution in [0.15, 0.2) is 28.7 Å². The average Bonchev–Trinajstić information content (AvgIpc) is 2.67. The Morgan fingerprint density at radius 1 is 1.29 bits per heavy atom. The Balaban J connectivity index is 2.12. The molecule has 1 aromatic heterocycles. The van der Waals surface area contributed by atoms with Crippen LogP contribution in [0.25, 0.3) is 11.0 Å². The van der Waals surface area contributed by atoms with Gasteiger partial charge in [-0.15, -0.1) is 0 Å². The second-order valence-corrected chi connectivity index (χ2v) is 4.88. The lowest BCUT2D eigenvalue weighted by atomic mass is 10.0. The van der Waals surface area contributed by atoms with Gasteiger partial charge in [-0.1, -0.05) is 25.5 Å². The van der Waals surface area contributed by atoms with Crippen molar-refractivity contribution < 1.29 is 9.21 Å². The van der Waals surface area contributed by atoms with Crippen molar-refractivity contribution in [1.29, 1.82) is 0 Å². The number of ketones is 1. The molecule has 2 heteroatoms. The third kappa shape index (κ3) is 2.76. The van der Waals surface area contributed by atoms with Gasteiger partial charge in [0, 0.05) is 24.1 Å². The second kappa shape index (κ2) is 4.74. The van der Waals surface area contributed by atoms with Crippen LogP contribution in [0.3, 0.4) is 0 Å². The Morgan fingerprint density at radius 3 is 2.76 bits per heavy atom. The number of benzene rings is 1. The lowest BCUT2D eigenvalue weighted by Gasteiger charge is -2.01. The molecule has 0 saturated carbocycles. The first-order valence-corrected chi connectivity index (χ1v) is 6.08. The zero-order valence-electron chi connectivity index (χ0n) is 10.6. The minimum atomic E-state index is 0.113. The number of rotatable bonds is 4.